The SMILES string of the molecule is Cc1cc(CN2CCNCC2)c(OCCCCC#N)cc1/C=C/c1cccc(-c2ccccc2)c1C#N. The van der Waals surface area contributed by atoms with Gasteiger partial charge in [-0.3, -0.25) is 4.90 Å². The van der Waals surface area contributed by atoms with Crippen LogP contribution in [0.3, 0.4) is 0 Å². The molecular formula is C32H34N4O. The second kappa shape index (κ2) is 13.4. The number of ether oxygens (including phenoxy) is 1. The molecular weight excluding hydrogens is 456 g/mol. The molecule has 0 spiro atoms. The normalized spacial score (nSPS) is 13.8. The van der Waals surface area contributed by atoms with Crippen molar-refractivity contribution in [3.63, 3.8) is 0 Å². The van der Waals surface area contributed by atoms with Gasteiger partial charge in [0, 0.05) is 50.3 Å². The molecule has 1 fully saturated rings. The summed E-state index contributed by atoms with van der Waals surface area (Å²) in [5.74, 6) is 0.902. The summed E-state index contributed by atoms with van der Waals surface area (Å²) in [5, 5.41) is 22.2. The molecule has 5 heteroatoms. The number of benzene rings is 3. The zero-order chi connectivity index (χ0) is 25.9. The fourth-order valence-electron chi connectivity index (χ4n) is 4.67. The van der Waals surface area contributed by atoms with Crippen molar-refractivity contribution in [2.75, 3.05) is 32.8 Å². The predicted octanol–water partition coefficient (Wildman–Crippen LogP) is 6.18. The van der Waals surface area contributed by atoms with E-state index in [2.05, 4.69) is 47.5 Å². The van der Waals surface area contributed by atoms with Crippen LogP contribution < -0.4 is 10.1 Å². The molecule has 0 unspecified atom stereocenters. The van der Waals surface area contributed by atoms with E-state index in [-0.39, 0.29) is 0 Å². The van der Waals surface area contributed by atoms with Gasteiger partial charge in [-0.15, -0.1) is 0 Å². The largest absolute Gasteiger partial charge is 0.493 e. The van der Waals surface area contributed by atoms with Crippen molar-refractivity contribution in [2.45, 2.75) is 32.7 Å². The number of piperazine rings is 1. The van der Waals surface area contributed by atoms with Crippen molar-refractivity contribution in [3.8, 4) is 29.0 Å². The summed E-state index contributed by atoms with van der Waals surface area (Å²) in [6, 6.07) is 25.0. The smallest absolute Gasteiger partial charge is 0.124 e. The Morgan fingerprint density at radius 3 is 2.49 bits per heavy atom. The summed E-state index contributed by atoms with van der Waals surface area (Å²) in [4.78, 5) is 2.46. The molecule has 1 N–H and O–H groups in total. The first-order valence-electron chi connectivity index (χ1n) is 13.0. The lowest BCUT2D eigenvalue weighted by Crippen LogP contribution is -2.42. The molecule has 1 aliphatic heterocycles. The second-order valence-corrected chi connectivity index (χ2v) is 9.39. The molecule has 0 bridgehead atoms. The van der Waals surface area contributed by atoms with Crippen LogP contribution in [0.1, 0.15) is 47.1 Å². The number of aryl methyl sites for hydroxylation is 1. The van der Waals surface area contributed by atoms with E-state index < -0.39 is 0 Å². The average molecular weight is 491 g/mol. The molecule has 37 heavy (non-hydrogen) atoms. The van der Waals surface area contributed by atoms with Crippen LogP contribution in [0.15, 0.2) is 60.7 Å². The summed E-state index contributed by atoms with van der Waals surface area (Å²) >= 11 is 0. The van der Waals surface area contributed by atoms with Crippen LogP contribution in [0.4, 0.5) is 0 Å². The Balaban J connectivity index is 1.61. The number of nitrogens with zero attached hydrogens (tertiary/aromatic N) is 3. The first kappa shape index (κ1) is 26.2. The van der Waals surface area contributed by atoms with Crippen molar-refractivity contribution in [1.29, 1.82) is 10.5 Å². The van der Waals surface area contributed by atoms with Gasteiger partial charge in [0.2, 0.25) is 0 Å². The van der Waals surface area contributed by atoms with Crippen LogP contribution in [0.25, 0.3) is 23.3 Å². The number of hydrogen-bond acceptors (Lipinski definition) is 5. The Hall–Kier alpha value is -3.90. The van der Waals surface area contributed by atoms with Gasteiger partial charge in [-0.05, 0) is 48.1 Å². The molecule has 3 aromatic rings. The zero-order valence-corrected chi connectivity index (χ0v) is 21.5. The van der Waals surface area contributed by atoms with E-state index in [4.69, 9.17) is 10.00 Å². The van der Waals surface area contributed by atoms with E-state index >= 15 is 0 Å². The van der Waals surface area contributed by atoms with Crippen molar-refractivity contribution >= 4 is 12.2 Å². The van der Waals surface area contributed by atoms with Crippen LogP contribution in [0.2, 0.25) is 0 Å². The molecule has 1 aliphatic rings. The highest BCUT2D eigenvalue weighted by Crippen LogP contribution is 2.29. The standard InChI is InChI=1S/C32H34N4O/c1-25-21-29(24-36-18-16-35-17-19-36)32(37-20-7-3-6-15-33)22-28(25)14-13-27-11-8-12-30(31(27)23-34)26-9-4-2-5-10-26/h2,4-5,8-14,21-22,35H,3,6-7,16-20,24H2,1H3/b14-13+. The number of nitriles is 2. The predicted molar refractivity (Wildman–Crippen MR) is 150 cm³/mol. The lowest BCUT2D eigenvalue weighted by Gasteiger charge is -2.28. The van der Waals surface area contributed by atoms with Crippen molar-refractivity contribution in [3.05, 3.63) is 88.5 Å². The summed E-state index contributed by atoms with van der Waals surface area (Å²) in [7, 11) is 0. The van der Waals surface area contributed by atoms with E-state index in [1.807, 2.05) is 54.6 Å². The van der Waals surface area contributed by atoms with Gasteiger partial charge in [-0.1, -0.05) is 66.7 Å². The second-order valence-electron chi connectivity index (χ2n) is 9.39. The van der Waals surface area contributed by atoms with Crippen LogP contribution >= 0.6 is 0 Å². The maximum Gasteiger partial charge on any atom is 0.124 e. The Morgan fingerprint density at radius 2 is 1.73 bits per heavy atom. The summed E-state index contributed by atoms with van der Waals surface area (Å²) in [5.41, 5.74) is 6.99. The first-order valence-corrected chi connectivity index (χ1v) is 13.0. The van der Waals surface area contributed by atoms with Crippen LogP contribution in [0.5, 0.6) is 5.75 Å². The number of rotatable bonds is 10. The summed E-state index contributed by atoms with van der Waals surface area (Å²) in [6.45, 7) is 7.65. The maximum atomic E-state index is 9.97. The zero-order valence-electron chi connectivity index (χ0n) is 21.5. The number of unbranched alkanes of at least 4 members (excludes halogenated alkanes) is 2. The van der Waals surface area contributed by atoms with Crippen LogP contribution in [-0.2, 0) is 6.54 Å². The molecule has 0 saturated carbocycles. The molecule has 0 atom stereocenters. The third kappa shape index (κ3) is 7.08. The van der Waals surface area contributed by atoms with Gasteiger partial charge in [0.05, 0.1) is 18.2 Å². The Bertz CT molecular complexity index is 1290. The molecule has 0 aliphatic carbocycles. The molecule has 4 rings (SSSR count). The van der Waals surface area contributed by atoms with Crippen molar-refractivity contribution < 1.29 is 4.74 Å². The molecule has 188 valence electrons. The van der Waals surface area contributed by atoms with Crippen LogP contribution in [-0.4, -0.2) is 37.7 Å². The maximum absolute atomic E-state index is 9.97. The molecule has 3 aromatic carbocycles. The van der Waals surface area contributed by atoms with Crippen molar-refractivity contribution in [1.82, 2.24) is 10.2 Å². The molecule has 0 aromatic heterocycles. The van der Waals surface area contributed by atoms with E-state index in [1.165, 1.54) is 11.1 Å². The quantitative estimate of drug-likeness (QED) is 0.271. The minimum absolute atomic E-state index is 0.558. The minimum Gasteiger partial charge on any atom is -0.493 e. The fraction of sp³-hybridized carbons (Fsp3) is 0.312. The molecule has 1 heterocycles. The van der Waals surface area contributed by atoms with Gasteiger partial charge < -0.3 is 10.1 Å². The van der Waals surface area contributed by atoms with E-state index in [9.17, 15) is 5.26 Å². The van der Waals surface area contributed by atoms with E-state index in [0.29, 0.717) is 18.6 Å². The number of hydrogen-bond donors (Lipinski definition) is 1. The van der Waals surface area contributed by atoms with Gasteiger partial charge in [-0.25, -0.2) is 0 Å². The highest BCUT2D eigenvalue weighted by molar-refractivity contribution is 5.81. The topological polar surface area (TPSA) is 72.1 Å². The Morgan fingerprint density at radius 1 is 0.946 bits per heavy atom. The van der Waals surface area contributed by atoms with Gasteiger partial charge in [0.1, 0.15) is 11.8 Å². The van der Waals surface area contributed by atoms with Gasteiger partial charge in [0.15, 0.2) is 0 Å². The highest BCUT2D eigenvalue weighted by atomic mass is 16.5. The average Bonchev–Trinajstić information content (AvgIpc) is 2.94. The third-order valence-electron chi connectivity index (χ3n) is 6.73. The van der Waals surface area contributed by atoms with Crippen LogP contribution in [0, 0.1) is 29.6 Å². The van der Waals surface area contributed by atoms with Gasteiger partial charge in [-0.2, -0.15) is 10.5 Å². The summed E-state index contributed by atoms with van der Waals surface area (Å²) < 4.78 is 6.26. The first-order chi connectivity index (χ1) is 18.2. The highest BCUT2D eigenvalue weighted by Gasteiger charge is 2.15. The third-order valence-corrected chi connectivity index (χ3v) is 6.73. The minimum atomic E-state index is 0.558. The molecule has 0 amide bonds. The van der Waals surface area contributed by atoms with Gasteiger partial charge in [0.25, 0.3) is 0 Å². The van der Waals surface area contributed by atoms with Crippen molar-refractivity contribution in [2.24, 2.45) is 0 Å². The van der Waals surface area contributed by atoms with E-state index in [1.54, 1.807) is 0 Å². The Labute approximate surface area is 220 Å². The Kier molecular flexibility index (Phi) is 9.49. The lowest BCUT2D eigenvalue weighted by molar-refractivity contribution is 0.226. The van der Waals surface area contributed by atoms with Gasteiger partial charge >= 0.3 is 0 Å². The number of nitrogens with one attached hydrogen (secondary N) is 1. The summed E-state index contributed by atoms with van der Waals surface area (Å²) in [6.07, 6.45) is 6.37. The molecule has 0 radical (unpaired) electrons. The fourth-order valence-corrected chi connectivity index (χ4v) is 4.67. The molecule has 5 nitrogen and oxygen atoms in total. The lowest BCUT2D eigenvalue weighted by atomic mass is 9.95. The monoisotopic (exact) mass is 490 g/mol. The van der Waals surface area contributed by atoms with E-state index in [0.717, 1.165) is 73.6 Å². The molecule has 1 saturated heterocycles.